The maximum atomic E-state index is 12.1. The molecule has 1 aromatic rings. The fourth-order valence-corrected chi connectivity index (χ4v) is 2.16. The molecule has 1 aromatic carbocycles. The highest BCUT2D eigenvalue weighted by Gasteiger charge is 2.24. The molecule has 1 unspecified atom stereocenters. The van der Waals surface area contributed by atoms with Gasteiger partial charge < -0.3 is 14.8 Å². The van der Waals surface area contributed by atoms with Crippen molar-refractivity contribution in [1.82, 2.24) is 5.32 Å². The van der Waals surface area contributed by atoms with E-state index in [4.69, 9.17) is 27.6 Å². The summed E-state index contributed by atoms with van der Waals surface area (Å²) < 4.78 is 11.0. The molecule has 0 bridgehead atoms. The normalized spacial score (nSPS) is 12.0. The second-order valence-electron chi connectivity index (χ2n) is 5.58. The van der Waals surface area contributed by atoms with Gasteiger partial charge in [0.15, 0.2) is 11.5 Å². The molecular weight excluding hydrogens is 316 g/mol. The molecule has 0 aliphatic rings. The van der Waals surface area contributed by atoms with Gasteiger partial charge in [0.2, 0.25) is 5.91 Å². The van der Waals surface area contributed by atoms with Crippen LogP contribution in [0, 0.1) is 36.0 Å². The Bertz CT molecular complexity index is 722. The van der Waals surface area contributed by atoms with Crippen LogP contribution in [0.1, 0.15) is 32.3 Å². The standard InChI is InChI=1S/C20H22N2O3/c1-5-12-20(4,15-21)22-19(23)11-9-16-8-10-17(25-13-6-2)18(14-16)24-7-3/h1-2,8,10,14H,7,9,11-13H2,3-4H3,(H,22,23). The lowest BCUT2D eigenvalue weighted by Crippen LogP contribution is -2.44. The number of hydrogen-bond donors (Lipinski definition) is 1. The summed E-state index contributed by atoms with van der Waals surface area (Å²) in [5.74, 6) is 5.73. The largest absolute Gasteiger partial charge is 0.490 e. The summed E-state index contributed by atoms with van der Waals surface area (Å²) in [7, 11) is 0. The summed E-state index contributed by atoms with van der Waals surface area (Å²) in [5, 5.41) is 11.8. The lowest BCUT2D eigenvalue weighted by atomic mass is 9.99. The monoisotopic (exact) mass is 338 g/mol. The highest BCUT2D eigenvalue weighted by atomic mass is 16.5. The second kappa shape index (κ2) is 9.91. The van der Waals surface area contributed by atoms with E-state index in [9.17, 15) is 4.79 Å². The van der Waals surface area contributed by atoms with Crippen LogP contribution in [0.4, 0.5) is 0 Å². The molecule has 1 amide bonds. The summed E-state index contributed by atoms with van der Waals surface area (Å²) in [5.41, 5.74) is -0.128. The third-order valence-corrected chi connectivity index (χ3v) is 3.38. The van der Waals surface area contributed by atoms with Gasteiger partial charge in [-0.15, -0.1) is 18.8 Å². The van der Waals surface area contributed by atoms with Crippen LogP contribution in [0.3, 0.4) is 0 Å². The number of aryl methyl sites for hydroxylation is 1. The van der Waals surface area contributed by atoms with Crippen molar-refractivity contribution in [2.75, 3.05) is 13.2 Å². The maximum Gasteiger partial charge on any atom is 0.221 e. The van der Waals surface area contributed by atoms with Crippen molar-refractivity contribution in [2.45, 2.75) is 38.6 Å². The Morgan fingerprint density at radius 1 is 1.28 bits per heavy atom. The van der Waals surface area contributed by atoms with Gasteiger partial charge in [-0.25, -0.2) is 0 Å². The number of hydrogen-bond acceptors (Lipinski definition) is 4. The van der Waals surface area contributed by atoms with Crippen molar-refractivity contribution in [3.05, 3.63) is 23.8 Å². The van der Waals surface area contributed by atoms with Crippen LogP contribution in [0.25, 0.3) is 0 Å². The summed E-state index contributed by atoms with van der Waals surface area (Å²) in [4.78, 5) is 12.1. The van der Waals surface area contributed by atoms with E-state index < -0.39 is 5.54 Å². The van der Waals surface area contributed by atoms with Gasteiger partial charge >= 0.3 is 0 Å². The third kappa shape index (κ3) is 6.50. The molecule has 5 heteroatoms. The van der Waals surface area contributed by atoms with Crippen LogP contribution in [-0.2, 0) is 11.2 Å². The molecule has 0 heterocycles. The first-order valence-electron chi connectivity index (χ1n) is 7.95. The fourth-order valence-electron chi connectivity index (χ4n) is 2.16. The van der Waals surface area contributed by atoms with E-state index in [0.717, 1.165) is 5.56 Å². The molecule has 0 aliphatic heterocycles. The molecule has 0 saturated carbocycles. The number of ether oxygens (including phenoxy) is 2. The topological polar surface area (TPSA) is 71.3 Å². The lowest BCUT2D eigenvalue weighted by Gasteiger charge is -2.20. The molecule has 0 saturated heterocycles. The number of amides is 1. The van der Waals surface area contributed by atoms with Crippen LogP contribution in [0.5, 0.6) is 11.5 Å². The number of nitrogens with zero attached hydrogens (tertiary/aromatic N) is 1. The van der Waals surface area contributed by atoms with Gasteiger partial charge in [0, 0.05) is 12.8 Å². The Morgan fingerprint density at radius 3 is 2.64 bits per heavy atom. The van der Waals surface area contributed by atoms with Crippen LogP contribution in [-0.4, -0.2) is 24.7 Å². The molecule has 1 atom stereocenters. The van der Waals surface area contributed by atoms with Gasteiger partial charge in [-0.1, -0.05) is 12.0 Å². The Labute approximate surface area is 149 Å². The Morgan fingerprint density at radius 2 is 2.04 bits per heavy atom. The van der Waals surface area contributed by atoms with E-state index in [1.54, 1.807) is 13.0 Å². The molecule has 0 radical (unpaired) electrons. The van der Waals surface area contributed by atoms with Crippen LogP contribution in [0.2, 0.25) is 0 Å². The molecule has 0 aliphatic carbocycles. The minimum absolute atomic E-state index is 0.156. The molecule has 0 aromatic heterocycles. The average Bonchev–Trinajstić information content (AvgIpc) is 2.59. The van der Waals surface area contributed by atoms with E-state index >= 15 is 0 Å². The van der Waals surface area contributed by atoms with Gasteiger partial charge in [0.1, 0.15) is 12.1 Å². The SMILES string of the molecule is C#CCOc1ccc(CCC(=O)NC(C)(C#N)CC#C)cc1OCC. The quantitative estimate of drug-likeness (QED) is 0.702. The van der Waals surface area contributed by atoms with Gasteiger partial charge in [0.05, 0.1) is 12.7 Å². The van der Waals surface area contributed by atoms with Crippen LogP contribution < -0.4 is 14.8 Å². The molecule has 130 valence electrons. The molecule has 25 heavy (non-hydrogen) atoms. The van der Waals surface area contributed by atoms with Crippen LogP contribution >= 0.6 is 0 Å². The van der Waals surface area contributed by atoms with E-state index in [1.807, 2.05) is 25.1 Å². The Kier molecular flexibility index (Phi) is 7.91. The van der Waals surface area contributed by atoms with E-state index in [1.165, 1.54) is 0 Å². The minimum atomic E-state index is -1.05. The zero-order valence-electron chi connectivity index (χ0n) is 14.6. The summed E-state index contributed by atoms with van der Waals surface area (Å²) in [6.07, 6.45) is 11.3. The van der Waals surface area contributed by atoms with E-state index in [0.29, 0.717) is 24.5 Å². The summed E-state index contributed by atoms with van der Waals surface area (Å²) >= 11 is 0. The Hall–Kier alpha value is -3.10. The molecular formula is C20H22N2O3. The summed E-state index contributed by atoms with van der Waals surface area (Å²) in [6.45, 7) is 4.13. The van der Waals surface area contributed by atoms with Crippen molar-refractivity contribution in [2.24, 2.45) is 0 Å². The predicted octanol–water partition coefficient (Wildman–Crippen LogP) is 2.45. The number of carbonyl (C=O) groups excluding carboxylic acids is 1. The Balaban J connectivity index is 2.72. The highest BCUT2D eigenvalue weighted by Crippen LogP contribution is 2.29. The first-order valence-corrected chi connectivity index (χ1v) is 7.95. The molecule has 1 N–H and O–H groups in total. The summed E-state index contributed by atoms with van der Waals surface area (Å²) in [6, 6.07) is 7.49. The zero-order valence-corrected chi connectivity index (χ0v) is 14.6. The van der Waals surface area contributed by atoms with Crippen molar-refractivity contribution in [3.8, 4) is 42.3 Å². The first-order chi connectivity index (χ1) is 12.0. The van der Waals surface area contributed by atoms with Gasteiger partial charge in [0.25, 0.3) is 0 Å². The average molecular weight is 338 g/mol. The first kappa shape index (κ1) is 19.9. The number of rotatable bonds is 9. The van der Waals surface area contributed by atoms with Crippen molar-refractivity contribution in [3.63, 3.8) is 0 Å². The number of benzene rings is 1. The number of carbonyl (C=O) groups is 1. The molecule has 1 rings (SSSR count). The smallest absolute Gasteiger partial charge is 0.221 e. The zero-order chi connectivity index (χ0) is 18.7. The van der Waals surface area contributed by atoms with Crippen LogP contribution in [0.15, 0.2) is 18.2 Å². The van der Waals surface area contributed by atoms with E-state index in [2.05, 4.69) is 17.2 Å². The van der Waals surface area contributed by atoms with Crippen molar-refractivity contribution < 1.29 is 14.3 Å². The van der Waals surface area contributed by atoms with Gasteiger partial charge in [-0.05, 0) is 38.0 Å². The fraction of sp³-hybridized carbons (Fsp3) is 0.400. The molecule has 0 fully saturated rings. The third-order valence-electron chi connectivity index (χ3n) is 3.38. The number of nitrogens with one attached hydrogen (secondary N) is 1. The predicted molar refractivity (Wildman–Crippen MR) is 95.9 cm³/mol. The minimum Gasteiger partial charge on any atom is -0.490 e. The molecule has 5 nitrogen and oxygen atoms in total. The number of nitriles is 1. The van der Waals surface area contributed by atoms with Gasteiger partial charge in [-0.2, -0.15) is 5.26 Å². The van der Waals surface area contributed by atoms with Gasteiger partial charge in [-0.3, -0.25) is 4.79 Å². The second-order valence-corrected chi connectivity index (χ2v) is 5.58. The highest BCUT2D eigenvalue weighted by molar-refractivity contribution is 5.77. The van der Waals surface area contributed by atoms with E-state index in [-0.39, 0.29) is 25.4 Å². The van der Waals surface area contributed by atoms with Crippen molar-refractivity contribution >= 4 is 5.91 Å². The maximum absolute atomic E-state index is 12.1. The van der Waals surface area contributed by atoms with Crippen molar-refractivity contribution in [1.29, 1.82) is 5.26 Å². The molecule has 0 spiro atoms. The lowest BCUT2D eigenvalue weighted by molar-refractivity contribution is -0.122. The number of terminal acetylenes is 2.